The third-order valence-electron chi connectivity index (χ3n) is 2.10. The highest BCUT2D eigenvalue weighted by Gasteiger charge is 2.32. The van der Waals surface area contributed by atoms with Gasteiger partial charge in [0.1, 0.15) is 0 Å². The molecule has 0 saturated heterocycles. The van der Waals surface area contributed by atoms with Gasteiger partial charge in [-0.05, 0) is 25.1 Å². The van der Waals surface area contributed by atoms with Crippen LogP contribution in [0.1, 0.15) is 6.92 Å². The van der Waals surface area contributed by atoms with Crippen molar-refractivity contribution < 1.29 is 23.1 Å². The Kier molecular flexibility index (Phi) is 4.87. The van der Waals surface area contributed by atoms with Crippen molar-refractivity contribution in [2.45, 2.75) is 19.3 Å². The van der Waals surface area contributed by atoms with Crippen molar-refractivity contribution in [3.8, 4) is 5.75 Å². The normalized spacial score (nSPS) is 14.1. The van der Waals surface area contributed by atoms with Gasteiger partial charge in [-0.2, -0.15) is 0 Å². The number of oxime groups is 1. The first kappa shape index (κ1) is 15.4. The Labute approximate surface area is 115 Å². The summed E-state index contributed by atoms with van der Waals surface area (Å²) in [4.78, 5) is 0. The third kappa shape index (κ3) is 4.86. The van der Waals surface area contributed by atoms with E-state index in [1.54, 1.807) is 0 Å². The number of ether oxygens (including phenoxy) is 1. The van der Waals surface area contributed by atoms with E-state index in [1.165, 1.54) is 19.1 Å². The number of hydrogen-bond acceptors (Lipinski definition) is 4. The number of nitrogens with two attached hydrogens (primary N) is 1. The maximum absolute atomic E-state index is 12.3. The molecule has 0 amide bonds. The molecule has 106 valence electrons. The average Bonchev–Trinajstić information content (AvgIpc) is 2.29. The number of rotatable bonds is 4. The minimum absolute atomic E-state index is 0.0691. The van der Waals surface area contributed by atoms with E-state index in [4.69, 9.17) is 10.9 Å². The van der Waals surface area contributed by atoms with Crippen LogP contribution in [0.25, 0.3) is 0 Å². The fraction of sp³-hybridized carbons (Fsp3) is 0.300. The van der Waals surface area contributed by atoms with E-state index >= 15 is 0 Å². The Bertz CT molecular complexity index is 480. The Hall–Kier alpha value is -1.64. The third-order valence-corrected chi connectivity index (χ3v) is 2.59. The molecule has 0 fully saturated rings. The number of nitrogens with zero attached hydrogens (tertiary/aromatic N) is 1. The van der Waals surface area contributed by atoms with Crippen LogP contribution in [0.4, 0.5) is 18.9 Å². The molecule has 0 spiro atoms. The average molecular weight is 342 g/mol. The zero-order valence-electron chi connectivity index (χ0n) is 9.70. The van der Waals surface area contributed by atoms with E-state index in [9.17, 15) is 13.2 Å². The molecule has 1 aromatic carbocycles. The van der Waals surface area contributed by atoms with Gasteiger partial charge in [0, 0.05) is 4.47 Å². The highest BCUT2D eigenvalue weighted by molar-refractivity contribution is 9.10. The van der Waals surface area contributed by atoms with Crippen LogP contribution in [0.3, 0.4) is 0 Å². The minimum atomic E-state index is -4.81. The quantitative estimate of drug-likeness (QED) is 0.340. The lowest BCUT2D eigenvalue weighted by molar-refractivity contribution is -0.274. The lowest BCUT2D eigenvalue weighted by Crippen LogP contribution is -2.33. The molecule has 0 radical (unpaired) electrons. The van der Waals surface area contributed by atoms with Crippen molar-refractivity contribution in [3.63, 3.8) is 0 Å². The summed E-state index contributed by atoms with van der Waals surface area (Å²) in [6, 6.07) is 3.41. The second-order valence-electron chi connectivity index (χ2n) is 3.58. The van der Waals surface area contributed by atoms with E-state index < -0.39 is 18.2 Å². The van der Waals surface area contributed by atoms with Gasteiger partial charge >= 0.3 is 6.36 Å². The molecule has 0 aliphatic rings. The summed E-state index contributed by atoms with van der Waals surface area (Å²) < 4.78 is 41.1. The molecular weight excluding hydrogens is 331 g/mol. The van der Waals surface area contributed by atoms with E-state index in [1.807, 2.05) is 0 Å². The van der Waals surface area contributed by atoms with Crippen LogP contribution in [-0.2, 0) is 0 Å². The second kappa shape index (κ2) is 6.00. The minimum Gasteiger partial charge on any atom is -0.409 e. The lowest BCUT2D eigenvalue weighted by Gasteiger charge is -2.18. The standard InChI is InChI=1S/C10H11BrF3N3O2/c1-5(9(15)17-18)16-7-3-2-6(11)4-8(7)19-10(12,13)14/h2-5,16,18H,1H3,(H2,15,17). The molecule has 1 aromatic rings. The number of benzene rings is 1. The van der Waals surface area contributed by atoms with E-state index in [-0.39, 0.29) is 11.5 Å². The summed E-state index contributed by atoms with van der Waals surface area (Å²) in [5, 5.41) is 13.9. The van der Waals surface area contributed by atoms with Crippen LogP contribution < -0.4 is 15.8 Å². The van der Waals surface area contributed by atoms with Gasteiger partial charge in [-0.1, -0.05) is 21.1 Å². The number of nitrogens with one attached hydrogen (secondary N) is 1. The van der Waals surface area contributed by atoms with Crippen LogP contribution >= 0.6 is 15.9 Å². The topological polar surface area (TPSA) is 79.9 Å². The summed E-state index contributed by atoms with van der Waals surface area (Å²) in [6.07, 6.45) is -4.81. The molecule has 0 bridgehead atoms. The maximum Gasteiger partial charge on any atom is 0.573 e. The molecule has 0 heterocycles. The molecule has 4 N–H and O–H groups in total. The van der Waals surface area contributed by atoms with E-state index in [2.05, 4.69) is 31.1 Å². The second-order valence-corrected chi connectivity index (χ2v) is 4.49. The Morgan fingerprint density at radius 2 is 2.16 bits per heavy atom. The molecule has 0 aromatic heterocycles. The highest BCUT2D eigenvalue weighted by atomic mass is 79.9. The van der Waals surface area contributed by atoms with Crippen molar-refractivity contribution in [1.29, 1.82) is 0 Å². The van der Waals surface area contributed by atoms with Crippen LogP contribution in [0.5, 0.6) is 5.75 Å². The first-order chi connectivity index (χ1) is 8.73. The van der Waals surface area contributed by atoms with Crippen molar-refractivity contribution in [2.75, 3.05) is 5.32 Å². The van der Waals surface area contributed by atoms with Crippen molar-refractivity contribution in [2.24, 2.45) is 10.9 Å². The number of alkyl halides is 3. The number of halogens is 4. The van der Waals surface area contributed by atoms with Crippen molar-refractivity contribution >= 4 is 27.5 Å². The van der Waals surface area contributed by atoms with Crippen LogP contribution in [0.2, 0.25) is 0 Å². The van der Waals surface area contributed by atoms with Crippen LogP contribution in [0.15, 0.2) is 27.8 Å². The van der Waals surface area contributed by atoms with Crippen molar-refractivity contribution in [3.05, 3.63) is 22.7 Å². The first-order valence-electron chi connectivity index (χ1n) is 5.02. The molecule has 5 nitrogen and oxygen atoms in total. The summed E-state index contributed by atoms with van der Waals surface area (Å²) in [7, 11) is 0. The molecule has 0 aliphatic carbocycles. The molecule has 1 rings (SSSR count). The summed E-state index contributed by atoms with van der Waals surface area (Å²) >= 11 is 3.05. The van der Waals surface area contributed by atoms with E-state index in [0.29, 0.717) is 4.47 Å². The highest BCUT2D eigenvalue weighted by Crippen LogP contribution is 2.33. The Balaban J connectivity index is 3.00. The van der Waals surface area contributed by atoms with Gasteiger partial charge in [-0.3, -0.25) is 0 Å². The molecule has 0 aliphatic heterocycles. The zero-order valence-corrected chi connectivity index (χ0v) is 11.3. The molecule has 1 unspecified atom stereocenters. The zero-order chi connectivity index (χ0) is 14.6. The van der Waals surface area contributed by atoms with Gasteiger partial charge < -0.3 is 21.0 Å². The monoisotopic (exact) mass is 341 g/mol. The van der Waals surface area contributed by atoms with Gasteiger partial charge in [0.25, 0.3) is 0 Å². The van der Waals surface area contributed by atoms with Gasteiger partial charge in [-0.15, -0.1) is 13.2 Å². The number of amidine groups is 1. The summed E-state index contributed by atoms with van der Waals surface area (Å²) in [5.41, 5.74) is 5.41. The molecular formula is C10H11BrF3N3O2. The number of anilines is 1. The van der Waals surface area contributed by atoms with Gasteiger partial charge in [0.15, 0.2) is 11.6 Å². The largest absolute Gasteiger partial charge is 0.573 e. The van der Waals surface area contributed by atoms with E-state index in [0.717, 1.165) is 6.07 Å². The molecule has 19 heavy (non-hydrogen) atoms. The predicted octanol–water partition coefficient (Wildman–Crippen LogP) is 2.89. The summed E-state index contributed by atoms with van der Waals surface area (Å²) in [5.74, 6) is -0.583. The number of hydrogen-bond donors (Lipinski definition) is 3. The fourth-order valence-electron chi connectivity index (χ4n) is 1.22. The molecule has 1 atom stereocenters. The SMILES string of the molecule is CC(Nc1ccc(Br)cc1OC(F)(F)F)/C(N)=N/O. The van der Waals surface area contributed by atoms with Gasteiger partial charge in [-0.25, -0.2) is 0 Å². The predicted molar refractivity (Wildman–Crippen MR) is 67.3 cm³/mol. The van der Waals surface area contributed by atoms with Crippen LogP contribution in [-0.4, -0.2) is 23.4 Å². The smallest absolute Gasteiger partial charge is 0.409 e. The Morgan fingerprint density at radius 3 is 2.68 bits per heavy atom. The van der Waals surface area contributed by atoms with Crippen LogP contribution in [0, 0.1) is 0 Å². The summed E-state index contributed by atoms with van der Waals surface area (Å²) in [6.45, 7) is 1.52. The van der Waals surface area contributed by atoms with Crippen molar-refractivity contribution in [1.82, 2.24) is 0 Å². The molecule has 9 heteroatoms. The lowest BCUT2D eigenvalue weighted by atomic mass is 10.2. The fourth-order valence-corrected chi connectivity index (χ4v) is 1.56. The molecule has 0 saturated carbocycles. The maximum atomic E-state index is 12.3. The van der Waals surface area contributed by atoms with Gasteiger partial charge in [0.2, 0.25) is 0 Å². The first-order valence-corrected chi connectivity index (χ1v) is 5.81. The Morgan fingerprint density at radius 1 is 1.53 bits per heavy atom. The van der Waals surface area contributed by atoms with Gasteiger partial charge in [0.05, 0.1) is 11.7 Å².